The first-order chi connectivity index (χ1) is 6.40. The summed E-state index contributed by atoms with van der Waals surface area (Å²) in [5.74, 6) is -4.25. The minimum absolute atomic E-state index is 0.111. The van der Waals surface area contributed by atoms with E-state index in [4.69, 9.17) is 5.73 Å². The maximum Gasteiger partial charge on any atom is 0.336 e. The highest BCUT2D eigenvalue weighted by molar-refractivity contribution is 5.84. The highest BCUT2D eigenvalue weighted by atomic mass is 19.3. The van der Waals surface area contributed by atoms with E-state index in [2.05, 4.69) is 0 Å². The van der Waals surface area contributed by atoms with Gasteiger partial charge in [-0.1, -0.05) is 6.92 Å². The fourth-order valence-electron chi connectivity index (χ4n) is 1.68. The molecule has 2 unspecified atom stereocenters. The second kappa shape index (κ2) is 3.81. The van der Waals surface area contributed by atoms with Crippen molar-refractivity contribution in [3.8, 4) is 0 Å². The summed E-state index contributed by atoms with van der Waals surface area (Å²) >= 11 is 0. The summed E-state index contributed by atoms with van der Waals surface area (Å²) in [6.45, 7) is 3.25. The predicted octanol–water partition coefficient (Wildman–Crippen LogP) is 0.837. The van der Waals surface area contributed by atoms with Gasteiger partial charge in [0.2, 0.25) is 0 Å². The zero-order valence-corrected chi connectivity index (χ0v) is 8.46. The zero-order chi connectivity index (χ0) is 10.9. The maximum atomic E-state index is 13.0. The van der Waals surface area contributed by atoms with Crippen LogP contribution in [-0.4, -0.2) is 35.9 Å². The van der Waals surface area contributed by atoms with E-state index in [0.29, 0.717) is 6.54 Å². The molecular formula is C9H16F2N2O. The number of nitrogens with two attached hydrogens (primary N) is 1. The molecule has 3 nitrogen and oxygen atoms in total. The van der Waals surface area contributed by atoms with Gasteiger partial charge >= 0.3 is 5.92 Å². The second-order valence-electron chi connectivity index (χ2n) is 3.91. The van der Waals surface area contributed by atoms with Crippen LogP contribution in [0.3, 0.4) is 0 Å². The van der Waals surface area contributed by atoms with E-state index in [-0.39, 0.29) is 12.0 Å². The molecular weight excluding hydrogens is 190 g/mol. The molecule has 82 valence electrons. The molecule has 2 atom stereocenters. The van der Waals surface area contributed by atoms with E-state index in [1.807, 2.05) is 6.92 Å². The molecule has 1 rings (SSSR count). The molecule has 1 saturated heterocycles. The molecule has 1 amide bonds. The van der Waals surface area contributed by atoms with E-state index in [1.54, 1.807) is 6.92 Å². The standard InChI is InChI=1S/C9H16F2N2O/c1-6-3-4-13(7(6)2)8(14)9(10,11)5-12/h6-7H,3-5,12H2,1-2H3. The van der Waals surface area contributed by atoms with Crippen LogP contribution in [0.1, 0.15) is 20.3 Å². The summed E-state index contributed by atoms with van der Waals surface area (Å²) < 4.78 is 26.0. The van der Waals surface area contributed by atoms with Crippen molar-refractivity contribution >= 4 is 5.91 Å². The first-order valence-electron chi connectivity index (χ1n) is 4.79. The van der Waals surface area contributed by atoms with Crippen LogP contribution >= 0.6 is 0 Å². The number of alkyl halides is 2. The number of likely N-dealkylation sites (tertiary alicyclic amines) is 1. The molecule has 1 heterocycles. The van der Waals surface area contributed by atoms with Crippen LogP contribution in [0.15, 0.2) is 0 Å². The van der Waals surface area contributed by atoms with Crippen LogP contribution in [0, 0.1) is 5.92 Å². The van der Waals surface area contributed by atoms with Gasteiger partial charge in [0, 0.05) is 12.6 Å². The van der Waals surface area contributed by atoms with Crippen molar-refractivity contribution in [3.63, 3.8) is 0 Å². The van der Waals surface area contributed by atoms with Crippen molar-refractivity contribution in [1.29, 1.82) is 0 Å². The lowest BCUT2D eigenvalue weighted by Gasteiger charge is -2.27. The van der Waals surface area contributed by atoms with Crippen LogP contribution in [0.2, 0.25) is 0 Å². The van der Waals surface area contributed by atoms with Gasteiger partial charge in [0.1, 0.15) is 0 Å². The lowest BCUT2D eigenvalue weighted by molar-refractivity contribution is -0.156. The highest BCUT2D eigenvalue weighted by Gasteiger charge is 2.44. The van der Waals surface area contributed by atoms with Crippen LogP contribution in [0.4, 0.5) is 8.78 Å². The number of nitrogens with zero attached hydrogens (tertiary/aromatic N) is 1. The molecule has 1 fully saturated rings. The Morgan fingerprint density at radius 3 is 2.50 bits per heavy atom. The number of halogens is 2. The quantitative estimate of drug-likeness (QED) is 0.727. The van der Waals surface area contributed by atoms with Crippen molar-refractivity contribution < 1.29 is 13.6 Å². The van der Waals surface area contributed by atoms with Crippen molar-refractivity contribution in [2.75, 3.05) is 13.1 Å². The summed E-state index contributed by atoms with van der Waals surface area (Å²) in [7, 11) is 0. The Labute approximate surface area is 82.2 Å². The summed E-state index contributed by atoms with van der Waals surface area (Å²) in [4.78, 5) is 12.6. The van der Waals surface area contributed by atoms with Gasteiger partial charge < -0.3 is 10.6 Å². The molecule has 14 heavy (non-hydrogen) atoms. The lowest BCUT2D eigenvalue weighted by atomic mass is 10.1. The van der Waals surface area contributed by atoms with Crippen molar-refractivity contribution in [1.82, 2.24) is 4.90 Å². The SMILES string of the molecule is CC1CCN(C(=O)C(F)(F)CN)C1C. The van der Waals surface area contributed by atoms with Crippen LogP contribution in [0.5, 0.6) is 0 Å². The van der Waals surface area contributed by atoms with Gasteiger partial charge in [-0.2, -0.15) is 8.78 Å². The summed E-state index contributed by atoms with van der Waals surface area (Å²) in [6, 6.07) is -0.111. The summed E-state index contributed by atoms with van der Waals surface area (Å²) in [5, 5.41) is 0. The third kappa shape index (κ3) is 1.87. The maximum absolute atomic E-state index is 13.0. The van der Waals surface area contributed by atoms with Gasteiger partial charge in [0.15, 0.2) is 0 Å². The van der Waals surface area contributed by atoms with Gasteiger partial charge in [0.05, 0.1) is 6.54 Å². The Kier molecular flexibility index (Phi) is 3.09. The van der Waals surface area contributed by atoms with Crippen molar-refractivity contribution in [3.05, 3.63) is 0 Å². The Bertz CT molecular complexity index is 233. The molecule has 0 saturated carbocycles. The molecule has 0 aromatic heterocycles. The van der Waals surface area contributed by atoms with Gasteiger partial charge in [-0.15, -0.1) is 0 Å². The number of carbonyl (C=O) groups excluding carboxylic acids is 1. The predicted molar refractivity (Wildman–Crippen MR) is 49.0 cm³/mol. The Hall–Kier alpha value is -0.710. The van der Waals surface area contributed by atoms with E-state index in [1.165, 1.54) is 4.90 Å². The fourth-order valence-corrected chi connectivity index (χ4v) is 1.68. The number of rotatable bonds is 2. The van der Waals surface area contributed by atoms with E-state index >= 15 is 0 Å². The largest absolute Gasteiger partial charge is 0.336 e. The number of hydrogen-bond donors (Lipinski definition) is 1. The summed E-state index contributed by atoms with van der Waals surface area (Å²) in [5.41, 5.74) is 4.86. The van der Waals surface area contributed by atoms with Gasteiger partial charge in [0.25, 0.3) is 5.91 Å². The minimum Gasteiger partial charge on any atom is -0.334 e. The van der Waals surface area contributed by atoms with Crippen molar-refractivity contribution in [2.45, 2.75) is 32.2 Å². The average Bonchev–Trinajstić information content (AvgIpc) is 2.47. The van der Waals surface area contributed by atoms with Crippen molar-refractivity contribution in [2.24, 2.45) is 11.7 Å². The third-order valence-electron chi connectivity index (χ3n) is 2.97. The highest BCUT2D eigenvalue weighted by Crippen LogP contribution is 2.27. The first kappa shape index (κ1) is 11.4. The van der Waals surface area contributed by atoms with E-state index in [0.717, 1.165) is 6.42 Å². The minimum atomic E-state index is -3.40. The zero-order valence-electron chi connectivity index (χ0n) is 8.46. The number of carbonyl (C=O) groups is 1. The van der Waals surface area contributed by atoms with Crippen LogP contribution < -0.4 is 5.73 Å². The van der Waals surface area contributed by atoms with Crippen LogP contribution in [0.25, 0.3) is 0 Å². The Balaban J connectivity index is 2.71. The molecule has 5 heteroatoms. The molecule has 2 N–H and O–H groups in total. The molecule has 0 bridgehead atoms. The molecule has 0 aromatic carbocycles. The number of amides is 1. The molecule has 0 aromatic rings. The monoisotopic (exact) mass is 206 g/mol. The molecule has 1 aliphatic rings. The molecule has 0 aliphatic carbocycles. The third-order valence-corrected chi connectivity index (χ3v) is 2.97. The topological polar surface area (TPSA) is 46.3 Å². The van der Waals surface area contributed by atoms with Gasteiger partial charge in [-0.3, -0.25) is 4.79 Å². The average molecular weight is 206 g/mol. The van der Waals surface area contributed by atoms with E-state index < -0.39 is 18.4 Å². The summed E-state index contributed by atoms with van der Waals surface area (Å²) in [6.07, 6.45) is 0.785. The fraction of sp³-hybridized carbons (Fsp3) is 0.889. The van der Waals surface area contributed by atoms with E-state index in [9.17, 15) is 13.6 Å². The molecule has 0 radical (unpaired) electrons. The Morgan fingerprint density at radius 1 is 1.57 bits per heavy atom. The Morgan fingerprint density at radius 2 is 2.14 bits per heavy atom. The second-order valence-corrected chi connectivity index (χ2v) is 3.91. The van der Waals surface area contributed by atoms with Gasteiger partial charge in [-0.25, -0.2) is 0 Å². The number of hydrogen-bond acceptors (Lipinski definition) is 2. The van der Waals surface area contributed by atoms with Crippen LogP contribution in [-0.2, 0) is 4.79 Å². The van der Waals surface area contributed by atoms with Gasteiger partial charge in [-0.05, 0) is 19.3 Å². The normalized spacial score (nSPS) is 28.2. The first-order valence-corrected chi connectivity index (χ1v) is 4.79. The smallest absolute Gasteiger partial charge is 0.334 e. The lowest BCUT2D eigenvalue weighted by Crippen LogP contribution is -2.49. The molecule has 1 aliphatic heterocycles. The molecule has 0 spiro atoms.